The molecule has 0 aliphatic carbocycles. The maximum atomic E-state index is 13.1. The zero-order valence-electron chi connectivity index (χ0n) is 12.5. The third-order valence-corrected chi connectivity index (χ3v) is 2.73. The van der Waals surface area contributed by atoms with Crippen molar-refractivity contribution in [2.75, 3.05) is 11.1 Å². The highest BCUT2D eigenvalue weighted by Crippen LogP contribution is 2.16. The zero-order valence-corrected chi connectivity index (χ0v) is 12.5. The summed E-state index contributed by atoms with van der Waals surface area (Å²) < 4.78 is 50.8. The maximum Gasteiger partial charge on any atom is 0.222 e. The van der Waals surface area contributed by atoms with Crippen LogP contribution >= 0.6 is 0 Å². The van der Waals surface area contributed by atoms with Crippen molar-refractivity contribution in [2.24, 2.45) is 0 Å². The number of hydrogen-bond donors (Lipinski definition) is 2. The summed E-state index contributed by atoms with van der Waals surface area (Å²) in [6.07, 6.45) is 1.76. The van der Waals surface area contributed by atoms with Crippen LogP contribution in [0.25, 0.3) is 0 Å². The highest BCUT2D eigenvalue weighted by atomic mass is 19.1. The number of nitrogens with zero attached hydrogens (tertiary/aromatic N) is 2. The van der Waals surface area contributed by atoms with Crippen LogP contribution in [0.15, 0.2) is 12.4 Å². The van der Waals surface area contributed by atoms with Crippen LogP contribution < -0.4 is 11.1 Å². The summed E-state index contributed by atoms with van der Waals surface area (Å²) in [5.74, 6) is -3.98. The number of amides is 1. The minimum atomic E-state index is -0.838. The van der Waals surface area contributed by atoms with E-state index in [4.69, 9.17) is 5.73 Å². The molecule has 2 aromatic rings. The molecule has 0 atom stereocenters. The molecule has 5 nitrogen and oxygen atoms in total. The van der Waals surface area contributed by atoms with Gasteiger partial charge in [0.15, 0.2) is 23.3 Å². The Morgan fingerprint density at radius 2 is 1.48 bits per heavy atom. The van der Waals surface area contributed by atoms with E-state index in [1.165, 1.54) is 20.8 Å². The molecular weight excluding hydrogens is 316 g/mol. The van der Waals surface area contributed by atoms with Crippen LogP contribution in [0.2, 0.25) is 0 Å². The van der Waals surface area contributed by atoms with Crippen LogP contribution in [0.4, 0.5) is 29.2 Å². The minimum absolute atomic E-state index is 0.0903. The van der Waals surface area contributed by atoms with E-state index in [1.807, 2.05) is 0 Å². The molecule has 0 aromatic carbocycles. The second-order valence-electron chi connectivity index (χ2n) is 4.51. The predicted octanol–water partition coefficient (Wildman–Crippen LogP) is 2.88. The smallest absolute Gasteiger partial charge is 0.222 e. The fourth-order valence-electron chi connectivity index (χ4n) is 1.39. The number of anilines is 2. The lowest BCUT2D eigenvalue weighted by Gasteiger charge is -2.04. The Bertz CT molecular complexity index is 710. The Kier molecular flexibility index (Phi) is 6.00. The third-order valence-electron chi connectivity index (χ3n) is 2.73. The molecule has 0 saturated carbocycles. The summed E-state index contributed by atoms with van der Waals surface area (Å²) in [4.78, 5) is 17.2. The first-order valence-corrected chi connectivity index (χ1v) is 6.29. The van der Waals surface area contributed by atoms with Crippen molar-refractivity contribution in [3.8, 4) is 0 Å². The van der Waals surface area contributed by atoms with Crippen LogP contribution in [0.1, 0.15) is 18.1 Å². The van der Waals surface area contributed by atoms with Crippen molar-refractivity contribution in [1.29, 1.82) is 0 Å². The number of nitrogen functional groups attached to an aromatic ring is 1. The summed E-state index contributed by atoms with van der Waals surface area (Å²) in [5.41, 5.74) is 4.79. The highest BCUT2D eigenvalue weighted by Gasteiger charge is 2.11. The molecular formula is C14H14F4N4O. The molecule has 3 N–H and O–H groups in total. The van der Waals surface area contributed by atoms with Gasteiger partial charge in [-0.2, -0.15) is 0 Å². The molecule has 1 amide bonds. The zero-order chi connectivity index (χ0) is 17.7. The SMILES string of the molecule is CC(=O)Nc1ncc(F)c(C)c1F.Cc1c(F)cnc(N)c1F. The summed E-state index contributed by atoms with van der Waals surface area (Å²) in [6, 6.07) is 0. The Labute approximate surface area is 129 Å². The number of pyridine rings is 2. The van der Waals surface area contributed by atoms with Crippen molar-refractivity contribution < 1.29 is 22.4 Å². The van der Waals surface area contributed by atoms with Gasteiger partial charge in [0, 0.05) is 18.1 Å². The lowest BCUT2D eigenvalue weighted by atomic mass is 10.2. The number of rotatable bonds is 1. The standard InChI is InChI=1S/C8H8F2N2O.C6H6F2N2/c1-4-6(9)3-11-8(7(4)10)12-5(2)13;1-3-4(7)2-10-6(9)5(3)8/h3H,1-2H3,(H,11,12,13);2H,1H3,(H2,9,10). The quantitative estimate of drug-likeness (QED) is 0.788. The van der Waals surface area contributed by atoms with Crippen molar-refractivity contribution >= 4 is 17.5 Å². The van der Waals surface area contributed by atoms with E-state index in [-0.39, 0.29) is 22.8 Å². The highest BCUT2D eigenvalue weighted by molar-refractivity contribution is 5.87. The van der Waals surface area contributed by atoms with Gasteiger partial charge in [-0.15, -0.1) is 0 Å². The average molecular weight is 330 g/mol. The summed E-state index contributed by atoms with van der Waals surface area (Å²) in [6.45, 7) is 3.81. The van der Waals surface area contributed by atoms with Gasteiger partial charge in [-0.25, -0.2) is 27.5 Å². The molecule has 0 aliphatic rings. The number of nitrogens with one attached hydrogen (secondary N) is 1. The largest absolute Gasteiger partial charge is 0.381 e. The molecule has 0 saturated heterocycles. The number of nitrogens with two attached hydrogens (primary N) is 1. The van der Waals surface area contributed by atoms with Crippen molar-refractivity contribution in [2.45, 2.75) is 20.8 Å². The first kappa shape index (κ1) is 18.3. The van der Waals surface area contributed by atoms with Gasteiger partial charge in [-0.05, 0) is 13.8 Å². The van der Waals surface area contributed by atoms with E-state index in [2.05, 4.69) is 15.3 Å². The van der Waals surface area contributed by atoms with Crippen molar-refractivity contribution in [3.63, 3.8) is 0 Å². The fourth-order valence-corrected chi connectivity index (χ4v) is 1.39. The molecule has 9 heteroatoms. The third kappa shape index (κ3) is 4.63. The maximum absolute atomic E-state index is 13.1. The van der Waals surface area contributed by atoms with Gasteiger partial charge in [-0.1, -0.05) is 0 Å². The van der Waals surface area contributed by atoms with Crippen LogP contribution in [0.5, 0.6) is 0 Å². The summed E-state index contributed by atoms with van der Waals surface area (Å²) in [7, 11) is 0. The van der Waals surface area contributed by atoms with E-state index in [0.717, 1.165) is 12.4 Å². The summed E-state index contributed by atoms with van der Waals surface area (Å²) in [5, 5.41) is 2.15. The van der Waals surface area contributed by atoms with E-state index in [0.29, 0.717) is 0 Å². The molecule has 0 aliphatic heterocycles. The van der Waals surface area contributed by atoms with Crippen LogP contribution in [0, 0.1) is 37.1 Å². The van der Waals surface area contributed by atoms with Gasteiger partial charge in [0.1, 0.15) is 11.6 Å². The Balaban J connectivity index is 0.000000238. The molecule has 0 fully saturated rings. The average Bonchev–Trinajstić information content (AvgIpc) is 2.50. The van der Waals surface area contributed by atoms with Crippen molar-refractivity contribution in [3.05, 3.63) is 46.8 Å². The van der Waals surface area contributed by atoms with E-state index in [9.17, 15) is 22.4 Å². The molecule has 2 heterocycles. The molecule has 0 radical (unpaired) electrons. The Morgan fingerprint density at radius 1 is 1.00 bits per heavy atom. The number of halogens is 4. The van der Waals surface area contributed by atoms with E-state index in [1.54, 1.807) is 0 Å². The Morgan fingerprint density at radius 3 is 1.96 bits per heavy atom. The van der Waals surface area contributed by atoms with E-state index < -0.39 is 29.2 Å². The molecule has 2 aromatic heterocycles. The van der Waals surface area contributed by atoms with Gasteiger partial charge in [0.05, 0.1) is 12.4 Å². The van der Waals surface area contributed by atoms with Gasteiger partial charge in [0.25, 0.3) is 0 Å². The lowest BCUT2D eigenvalue weighted by Crippen LogP contribution is -2.10. The van der Waals surface area contributed by atoms with Gasteiger partial charge < -0.3 is 11.1 Å². The number of aromatic nitrogens is 2. The molecule has 0 unspecified atom stereocenters. The predicted molar refractivity (Wildman–Crippen MR) is 76.5 cm³/mol. The first-order valence-electron chi connectivity index (χ1n) is 6.29. The summed E-state index contributed by atoms with van der Waals surface area (Å²) >= 11 is 0. The second kappa shape index (κ2) is 7.52. The molecule has 0 bridgehead atoms. The van der Waals surface area contributed by atoms with Crippen LogP contribution in [-0.4, -0.2) is 15.9 Å². The number of carbonyl (C=O) groups excluding carboxylic acids is 1. The molecule has 2 rings (SSSR count). The Hall–Kier alpha value is -2.71. The van der Waals surface area contributed by atoms with Gasteiger partial charge in [-0.3, -0.25) is 4.79 Å². The minimum Gasteiger partial charge on any atom is -0.381 e. The van der Waals surface area contributed by atoms with Crippen molar-refractivity contribution in [1.82, 2.24) is 9.97 Å². The normalized spacial score (nSPS) is 9.87. The molecule has 23 heavy (non-hydrogen) atoms. The monoisotopic (exact) mass is 330 g/mol. The number of carbonyl (C=O) groups is 1. The lowest BCUT2D eigenvalue weighted by molar-refractivity contribution is -0.114. The first-order chi connectivity index (χ1) is 10.6. The van der Waals surface area contributed by atoms with Gasteiger partial charge >= 0.3 is 0 Å². The van der Waals surface area contributed by atoms with Crippen LogP contribution in [-0.2, 0) is 4.79 Å². The molecule has 0 spiro atoms. The fraction of sp³-hybridized carbons (Fsp3) is 0.214. The second-order valence-corrected chi connectivity index (χ2v) is 4.51. The topological polar surface area (TPSA) is 80.9 Å². The van der Waals surface area contributed by atoms with E-state index >= 15 is 0 Å². The molecule has 124 valence electrons. The van der Waals surface area contributed by atoms with Crippen LogP contribution in [0.3, 0.4) is 0 Å². The van der Waals surface area contributed by atoms with Gasteiger partial charge in [0.2, 0.25) is 5.91 Å². The number of hydrogen-bond acceptors (Lipinski definition) is 4.